The zero-order valence-electron chi connectivity index (χ0n) is 22.1. The van der Waals surface area contributed by atoms with Crippen LogP contribution in [-0.4, -0.2) is 56.3 Å². The highest BCUT2D eigenvalue weighted by atomic mass is 32.2. The fraction of sp³-hybridized carbons (Fsp3) is 0.115. The number of allylic oxidation sites excluding steroid dienone is 1. The maximum absolute atomic E-state index is 12.3. The number of anilines is 1. The van der Waals surface area contributed by atoms with Gasteiger partial charge in [-0.05, 0) is 47.5 Å². The van der Waals surface area contributed by atoms with Gasteiger partial charge in [-0.2, -0.15) is 25.3 Å². The van der Waals surface area contributed by atoms with E-state index in [4.69, 9.17) is 0 Å². The Labute approximate surface area is 245 Å². The predicted octanol–water partition coefficient (Wildman–Crippen LogP) is 4.80. The third kappa shape index (κ3) is 6.71. The van der Waals surface area contributed by atoms with E-state index in [0.29, 0.717) is 5.39 Å². The number of azo groups is 1. The summed E-state index contributed by atoms with van der Waals surface area (Å²) in [5.74, 6) is -1.28. The average Bonchev–Trinajstić information content (AvgIpc) is 2.89. The quantitative estimate of drug-likeness (QED) is 0.0884. The van der Waals surface area contributed by atoms with Crippen LogP contribution in [-0.2, 0) is 35.1 Å². The molecule has 0 aromatic heterocycles. The molecule has 0 saturated carbocycles. The standard InChI is InChI=1S/C26H23N3O11S3/c1-14(2)21(30)9-10-27-20-13-17(41(32,33)34)11-16-12-22(42(35,36)37)24(25(31)23(16)20)29-28-19-8-7-15-5-3-4-6-18(15)26(19)43(38,39)40/h3-8,11-13,27,31H,1,9-10H2,2H3,(H,32,33,34)(H,35,36,37)(H,38,39,40). The molecule has 0 spiro atoms. The number of carbonyl (C=O) groups excluding carboxylic acids is 1. The minimum absolute atomic E-state index is 0.0627. The number of hydrogen-bond acceptors (Lipinski definition) is 11. The van der Waals surface area contributed by atoms with Gasteiger partial charge in [-0.1, -0.05) is 36.9 Å². The molecule has 0 radical (unpaired) electrons. The second-order valence-corrected chi connectivity index (χ2v) is 13.5. The molecule has 0 amide bonds. The summed E-state index contributed by atoms with van der Waals surface area (Å²) in [6.45, 7) is 4.91. The second-order valence-electron chi connectivity index (χ2n) is 9.28. The summed E-state index contributed by atoms with van der Waals surface area (Å²) < 4.78 is 102. The van der Waals surface area contributed by atoms with Crippen LogP contribution in [0.3, 0.4) is 0 Å². The van der Waals surface area contributed by atoms with Crippen molar-refractivity contribution >= 4 is 74.7 Å². The number of nitrogens with zero attached hydrogens (tertiary/aromatic N) is 2. The zero-order chi connectivity index (χ0) is 31.9. The Morgan fingerprint density at radius 2 is 1.53 bits per heavy atom. The van der Waals surface area contributed by atoms with E-state index in [9.17, 15) is 48.8 Å². The molecule has 14 nitrogen and oxygen atoms in total. The average molecular weight is 650 g/mol. The lowest BCUT2D eigenvalue weighted by molar-refractivity contribution is -0.115. The summed E-state index contributed by atoms with van der Waals surface area (Å²) in [5.41, 5.74) is -1.25. The van der Waals surface area contributed by atoms with Crippen LogP contribution in [0.25, 0.3) is 21.5 Å². The number of aromatic hydroxyl groups is 1. The van der Waals surface area contributed by atoms with Crippen molar-refractivity contribution in [1.29, 1.82) is 0 Å². The number of rotatable bonds is 10. The highest BCUT2D eigenvalue weighted by molar-refractivity contribution is 7.86. The SMILES string of the molecule is C=C(C)C(=O)CCNc1cc(S(=O)(=O)O)cc2cc(S(=O)(=O)O)c(N=Nc3ccc4ccccc4c3S(=O)(=O)O)c(O)c12. The topological polar surface area (TPSA) is 237 Å². The first-order valence-corrected chi connectivity index (χ1v) is 16.3. The van der Waals surface area contributed by atoms with Gasteiger partial charge >= 0.3 is 0 Å². The molecular formula is C26H23N3O11S3. The molecule has 0 heterocycles. The zero-order valence-corrected chi connectivity index (χ0v) is 24.5. The van der Waals surface area contributed by atoms with Gasteiger partial charge in [0.05, 0.1) is 4.90 Å². The number of hydrogen-bond donors (Lipinski definition) is 5. The van der Waals surface area contributed by atoms with Gasteiger partial charge in [0.1, 0.15) is 21.2 Å². The molecule has 0 fully saturated rings. The summed E-state index contributed by atoms with van der Waals surface area (Å²) in [7, 11) is -15.0. The molecule has 5 N–H and O–H groups in total. The van der Waals surface area contributed by atoms with E-state index in [0.717, 1.165) is 18.2 Å². The van der Waals surface area contributed by atoms with Crippen LogP contribution in [0.2, 0.25) is 0 Å². The highest BCUT2D eigenvalue weighted by Crippen LogP contribution is 2.45. The fourth-order valence-electron chi connectivity index (χ4n) is 4.25. The van der Waals surface area contributed by atoms with E-state index >= 15 is 0 Å². The van der Waals surface area contributed by atoms with Gasteiger partial charge in [0, 0.05) is 29.4 Å². The van der Waals surface area contributed by atoms with Crippen LogP contribution in [0.15, 0.2) is 91.7 Å². The molecule has 17 heteroatoms. The Bertz CT molecular complexity index is 2190. The molecule has 4 rings (SSSR count). The summed E-state index contributed by atoms with van der Waals surface area (Å²) in [5, 5.41) is 21.4. The smallest absolute Gasteiger partial charge is 0.297 e. The number of nitrogens with one attached hydrogen (secondary N) is 1. The Hall–Kier alpha value is -4.26. The first kappa shape index (κ1) is 31.7. The van der Waals surface area contributed by atoms with Gasteiger partial charge in [-0.15, -0.1) is 10.2 Å². The summed E-state index contributed by atoms with van der Waals surface area (Å²) in [4.78, 5) is 9.57. The minimum Gasteiger partial charge on any atom is -0.505 e. The van der Waals surface area contributed by atoms with Crippen molar-refractivity contribution in [1.82, 2.24) is 0 Å². The van der Waals surface area contributed by atoms with Crippen molar-refractivity contribution in [3.8, 4) is 5.75 Å². The summed E-state index contributed by atoms with van der Waals surface area (Å²) in [6, 6.07) is 11.2. The van der Waals surface area contributed by atoms with E-state index in [2.05, 4.69) is 22.1 Å². The minimum atomic E-state index is -5.19. The fourth-order valence-corrected chi connectivity index (χ4v) is 6.29. The molecule has 0 aliphatic heterocycles. The van der Waals surface area contributed by atoms with Crippen molar-refractivity contribution < 1.29 is 48.8 Å². The molecule has 0 saturated heterocycles. The normalized spacial score (nSPS) is 12.7. The van der Waals surface area contributed by atoms with Gasteiger partial charge in [-0.3, -0.25) is 18.5 Å². The molecule has 0 unspecified atom stereocenters. The van der Waals surface area contributed by atoms with Crippen LogP contribution in [0, 0.1) is 0 Å². The van der Waals surface area contributed by atoms with Gasteiger partial charge < -0.3 is 10.4 Å². The lowest BCUT2D eigenvalue weighted by Crippen LogP contribution is -2.10. The molecular weight excluding hydrogens is 626 g/mol. The molecule has 4 aromatic carbocycles. The number of ketones is 1. The third-order valence-corrected chi connectivity index (χ3v) is 8.86. The second kappa shape index (κ2) is 11.4. The van der Waals surface area contributed by atoms with Crippen molar-refractivity contribution in [3.63, 3.8) is 0 Å². The van der Waals surface area contributed by atoms with E-state index in [1.165, 1.54) is 31.2 Å². The lowest BCUT2D eigenvalue weighted by Gasteiger charge is -2.15. The van der Waals surface area contributed by atoms with Gasteiger partial charge in [0.25, 0.3) is 30.4 Å². The maximum Gasteiger partial charge on any atom is 0.297 e. The van der Waals surface area contributed by atoms with Gasteiger partial charge in [-0.25, -0.2) is 0 Å². The van der Waals surface area contributed by atoms with E-state index in [1.54, 1.807) is 12.1 Å². The Morgan fingerprint density at radius 3 is 2.14 bits per heavy atom. The molecule has 0 bridgehead atoms. The number of benzene rings is 4. The maximum atomic E-state index is 12.3. The Kier molecular flexibility index (Phi) is 8.42. The number of Topliss-reactive ketones (excluding diaryl/α,β-unsaturated/α-hetero) is 1. The predicted molar refractivity (Wildman–Crippen MR) is 156 cm³/mol. The largest absolute Gasteiger partial charge is 0.505 e. The first-order chi connectivity index (χ1) is 19.9. The monoisotopic (exact) mass is 649 g/mol. The highest BCUT2D eigenvalue weighted by Gasteiger charge is 2.26. The van der Waals surface area contributed by atoms with Gasteiger partial charge in [0.2, 0.25) is 0 Å². The van der Waals surface area contributed by atoms with Crippen LogP contribution >= 0.6 is 0 Å². The Morgan fingerprint density at radius 1 is 0.860 bits per heavy atom. The molecule has 0 atom stereocenters. The van der Waals surface area contributed by atoms with Crippen molar-refractivity contribution in [2.45, 2.75) is 28.0 Å². The van der Waals surface area contributed by atoms with Crippen molar-refractivity contribution in [2.24, 2.45) is 10.2 Å². The summed E-state index contributed by atoms with van der Waals surface area (Å²) in [6.07, 6.45) is -0.107. The lowest BCUT2D eigenvalue weighted by atomic mass is 10.1. The number of carbonyl (C=O) groups is 1. The van der Waals surface area contributed by atoms with Crippen molar-refractivity contribution in [3.05, 3.63) is 66.7 Å². The van der Waals surface area contributed by atoms with E-state index in [1.807, 2.05) is 0 Å². The van der Waals surface area contributed by atoms with Crippen LogP contribution in [0.4, 0.5) is 17.1 Å². The molecule has 4 aromatic rings. The van der Waals surface area contributed by atoms with Crippen molar-refractivity contribution in [2.75, 3.05) is 11.9 Å². The van der Waals surface area contributed by atoms with Crippen LogP contribution in [0.5, 0.6) is 5.75 Å². The number of fused-ring (bicyclic) bond motifs is 2. The molecule has 0 aliphatic rings. The van der Waals surface area contributed by atoms with E-state index < -0.39 is 62.2 Å². The summed E-state index contributed by atoms with van der Waals surface area (Å²) >= 11 is 0. The Balaban J connectivity index is 2.00. The third-order valence-electron chi connectivity index (χ3n) is 6.22. The van der Waals surface area contributed by atoms with Crippen LogP contribution < -0.4 is 5.32 Å². The molecule has 226 valence electrons. The number of phenolic OH excluding ortho intramolecular Hbond substituents is 1. The molecule has 0 aliphatic carbocycles. The first-order valence-electron chi connectivity index (χ1n) is 12.0. The van der Waals surface area contributed by atoms with Crippen LogP contribution in [0.1, 0.15) is 13.3 Å². The molecule has 43 heavy (non-hydrogen) atoms. The van der Waals surface area contributed by atoms with Gasteiger partial charge in [0.15, 0.2) is 11.5 Å². The number of phenols is 1. The van der Waals surface area contributed by atoms with E-state index in [-0.39, 0.29) is 46.2 Å².